The smallest absolute Gasteiger partial charge is 0.304 e. The van der Waals surface area contributed by atoms with Crippen molar-refractivity contribution >= 4 is 16.9 Å². The van der Waals surface area contributed by atoms with Crippen molar-refractivity contribution in [1.82, 2.24) is 15.6 Å². The van der Waals surface area contributed by atoms with Crippen LogP contribution in [-0.2, 0) is 24.2 Å². The minimum atomic E-state index is -0.789. The van der Waals surface area contributed by atoms with E-state index in [-0.39, 0.29) is 12.5 Å². The van der Waals surface area contributed by atoms with E-state index in [4.69, 9.17) is 4.74 Å². The van der Waals surface area contributed by atoms with E-state index in [0.717, 1.165) is 47.3 Å². The second kappa shape index (κ2) is 12.7. The van der Waals surface area contributed by atoms with Crippen LogP contribution in [0.15, 0.2) is 85.1 Å². The fraction of sp³-hybridized carbons (Fsp3) is 0.276. The molecular weight excluding hydrogens is 438 g/mol. The average Bonchev–Trinajstić information content (AvgIpc) is 3.28. The molecule has 182 valence electrons. The van der Waals surface area contributed by atoms with Gasteiger partial charge in [0.2, 0.25) is 0 Å². The first-order chi connectivity index (χ1) is 17.2. The van der Waals surface area contributed by atoms with Gasteiger partial charge < -0.3 is 25.5 Å². The van der Waals surface area contributed by atoms with Gasteiger partial charge in [-0.3, -0.25) is 4.79 Å². The lowest BCUT2D eigenvalue weighted by Gasteiger charge is -2.17. The number of fused-ring (bicyclic) bond motifs is 1. The quantitative estimate of drug-likeness (QED) is 0.203. The van der Waals surface area contributed by atoms with Crippen molar-refractivity contribution in [2.24, 2.45) is 0 Å². The maximum atomic E-state index is 11.4. The van der Waals surface area contributed by atoms with Crippen molar-refractivity contribution in [3.8, 4) is 5.75 Å². The van der Waals surface area contributed by atoms with E-state index in [1.165, 1.54) is 5.56 Å². The van der Waals surface area contributed by atoms with Crippen LogP contribution in [0, 0.1) is 0 Å². The Morgan fingerprint density at radius 3 is 2.51 bits per heavy atom. The van der Waals surface area contributed by atoms with Gasteiger partial charge >= 0.3 is 5.97 Å². The number of para-hydroxylation sites is 2. The maximum Gasteiger partial charge on any atom is 0.304 e. The number of carbonyl (C=O) groups is 1. The first-order valence-electron chi connectivity index (χ1n) is 12.1. The van der Waals surface area contributed by atoms with Crippen LogP contribution in [0.2, 0.25) is 0 Å². The van der Waals surface area contributed by atoms with Crippen molar-refractivity contribution in [3.63, 3.8) is 0 Å². The Morgan fingerprint density at radius 1 is 0.886 bits per heavy atom. The number of hydrogen-bond donors (Lipinski definition) is 4. The van der Waals surface area contributed by atoms with Gasteiger partial charge in [0.25, 0.3) is 0 Å². The molecule has 6 nitrogen and oxygen atoms in total. The lowest BCUT2D eigenvalue weighted by Crippen LogP contribution is -2.38. The molecule has 0 saturated heterocycles. The van der Waals surface area contributed by atoms with E-state index in [0.29, 0.717) is 19.6 Å². The number of ether oxygens (including phenoxy) is 1. The third kappa shape index (κ3) is 7.44. The second-order valence-electron chi connectivity index (χ2n) is 8.69. The molecule has 4 rings (SSSR count). The van der Waals surface area contributed by atoms with Crippen LogP contribution < -0.4 is 15.4 Å². The van der Waals surface area contributed by atoms with Gasteiger partial charge in [0, 0.05) is 36.2 Å². The van der Waals surface area contributed by atoms with Gasteiger partial charge in [0.15, 0.2) is 0 Å². The van der Waals surface area contributed by atoms with Crippen molar-refractivity contribution in [3.05, 3.63) is 102 Å². The molecule has 4 aromatic rings. The van der Waals surface area contributed by atoms with E-state index < -0.39 is 5.97 Å². The van der Waals surface area contributed by atoms with Crippen molar-refractivity contribution in [2.75, 3.05) is 19.6 Å². The third-order valence-electron chi connectivity index (χ3n) is 6.08. The van der Waals surface area contributed by atoms with Gasteiger partial charge in [-0.1, -0.05) is 66.7 Å². The molecule has 1 aromatic heterocycles. The van der Waals surface area contributed by atoms with Crippen LogP contribution in [0.3, 0.4) is 0 Å². The molecule has 0 radical (unpaired) electrons. The summed E-state index contributed by atoms with van der Waals surface area (Å²) in [5.74, 6) is 0.124. The summed E-state index contributed by atoms with van der Waals surface area (Å²) in [7, 11) is 0. The number of hydrogen-bond acceptors (Lipinski definition) is 4. The maximum absolute atomic E-state index is 11.4. The summed E-state index contributed by atoms with van der Waals surface area (Å²) < 4.78 is 6.05. The Balaban J connectivity index is 1.21. The molecule has 35 heavy (non-hydrogen) atoms. The van der Waals surface area contributed by atoms with Crippen LogP contribution in [0.1, 0.15) is 23.1 Å². The van der Waals surface area contributed by atoms with Gasteiger partial charge in [-0.05, 0) is 48.2 Å². The minimum absolute atomic E-state index is 0.0889. The molecule has 0 aliphatic carbocycles. The summed E-state index contributed by atoms with van der Waals surface area (Å²) in [5.41, 5.74) is 4.53. The number of carboxylic acids is 1. The summed E-state index contributed by atoms with van der Waals surface area (Å²) in [5, 5.41) is 17.4. The van der Waals surface area contributed by atoms with Crippen molar-refractivity contribution < 1.29 is 14.6 Å². The molecule has 0 fully saturated rings. The normalized spacial score (nSPS) is 12.0. The molecule has 0 spiro atoms. The molecule has 0 unspecified atom stereocenters. The molecular formula is C29H33N3O3. The molecule has 0 aliphatic heterocycles. The Morgan fingerprint density at radius 2 is 1.66 bits per heavy atom. The van der Waals surface area contributed by atoms with Crippen LogP contribution >= 0.6 is 0 Å². The topological polar surface area (TPSA) is 86.4 Å². The molecule has 0 aliphatic rings. The molecule has 1 heterocycles. The van der Waals surface area contributed by atoms with Crippen molar-refractivity contribution in [1.29, 1.82) is 0 Å². The predicted octanol–water partition coefficient (Wildman–Crippen LogP) is 4.55. The zero-order valence-electron chi connectivity index (χ0n) is 19.9. The van der Waals surface area contributed by atoms with E-state index in [9.17, 15) is 9.90 Å². The number of aliphatic carboxylic acids is 1. The van der Waals surface area contributed by atoms with E-state index in [1.54, 1.807) is 0 Å². The molecule has 0 amide bonds. The summed E-state index contributed by atoms with van der Waals surface area (Å²) in [6, 6.07) is 26.3. The van der Waals surface area contributed by atoms with Gasteiger partial charge in [-0.25, -0.2) is 0 Å². The summed E-state index contributed by atoms with van der Waals surface area (Å²) in [6.07, 6.45) is 3.60. The standard InChI is InChI=1S/C29H33N3O3/c33-29(34)19-25(18-24-20-32-27-12-6-5-11-26(24)27)31-17-16-30-15-14-23-10-4-7-13-28(23)35-21-22-8-2-1-3-9-22/h1-13,20,25,30-32H,14-19,21H2,(H,33,34)/t25-/m0/s1. The molecule has 4 N–H and O–H groups in total. The highest BCUT2D eigenvalue weighted by Crippen LogP contribution is 2.21. The Hall–Kier alpha value is -3.61. The van der Waals surface area contributed by atoms with Gasteiger partial charge in [0.1, 0.15) is 12.4 Å². The number of aromatic amines is 1. The van der Waals surface area contributed by atoms with E-state index in [2.05, 4.69) is 39.9 Å². The van der Waals surface area contributed by atoms with Gasteiger partial charge in [-0.15, -0.1) is 0 Å². The highest BCUT2D eigenvalue weighted by atomic mass is 16.5. The molecule has 1 atom stereocenters. The molecule has 6 heteroatoms. The lowest BCUT2D eigenvalue weighted by molar-refractivity contribution is -0.137. The number of carboxylic acid groups (broad SMARTS) is 1. The number of nitrogens with one attached hydrogen (secondary N) is 3. The average molecular weight is 472 g/mol. The number of benzene rings is 3. The Labute approximate surface area is 206 Å². The molecule has 0 saturated carbocycles. The fourth-order valence-electron chi connectivity index (χ4n) is 4.29. The Bertz CT molecular complexity index is 1210. The van der Waals surface area contributed by atoms with Crippen LogP contribution in [0.5, 0.6) is 5.75 Å². The van der Waals surface area contributed by atoms with Gasteiger partial charge in [0.05, 0.1) is 6.42 Å². The monoisotopic (exact) mass is 471 g/mol. The zero-order chi connectivity index (χ0) is 24.3. The van der Waals surface area contributed by atoms with Crippen LogP contribution in [0.25, 0.3) is 10.9 Å². The number of rotatable bonds is 14. The summed E-state index contributed by atoms with van der Waals surface area (Å²) in [6.45, 7) is 2.83. The molecule has 3 aromatic carbocycles. The summed E-state index contributed by atoms with van der Waals surface area (Å²) in [4.78, 5) is 14.7. The zero-order valence-corrected chi connectivity index (χ0v) is 19.9. The number of H-pyrrole nitrogens is 1. The van der Waals surface area contributed by atoms with E-state index >= 15 is 0 Å². The largest absolute Gasteiger partial charge is 0.489 e. The molecule has 0 bridgehead atoms. The lowest BCUT2D eigenvalue weighted by atomic mass is 10.0. The second-order valence-corrected chi connectivity index (χ2v) is 8.69. The first kappa shape index (κ1) is 24.5. The van der Waals surface area contributed by atoms with Crippen molar-refractivity contribution in [2.45, 2.75) is 31.9 Å². The Kier molecular flexibility index (Phi) is 8.92. The first-order valence-corrected chi connectivity index (χ1v) is 12.1. The highest BCUT2D eigenvalue weighted by molar-refractivity contribution is 5.83. The highest BCUT2D eigenvalue weighted by Gasteiger charge is 2.15. The third-order valence-corrected chi connectivity index (χ3v) is 6.08. The number of aromatic nitrogens is 1. The minimum Gasteiger partial charge on any atom is -0.489 e. The predicted molar refractivity (Wildman–Crippen MR) is 140 cm³/mol. The fourth-order valence-corrected chi connectivity index (χ4v) is 4.29. The van der Waals surface area contributed by atoms with E-state index in [1.807, 2.05) is 60.8 Å². The SMILES string of the molecule is O=C(O)C[C@H](Cc1c[nH]c2ccccc12)NCCNCCc1ccccc1OCc1ccccc1. The summed E-state index contributed by atoms with van der Waals surface area (Å²) >= 11 is 0. The van der Waals surface area contributed by atoms with Crippen LogP contribution in [-0.4, -0.2) is 41.7 Å². The van der Waals surface area contributed by atoms with Crippen LogP contribution in [0.4, 0.5) is 0 Å². The van der Waals surface area contributed by atoms with Gasteiger partial charge in [-0.2, -0.15) is 0 Å².